The number of ketones is 1. The van der Waals surface area contributed by atoms with Crippen molar-refractivity contribution >= 4 is 11.5 Å². The molecule has 1 aliphatic rings. The number of benzene rings is 2. The van der Waals surface area contributed by atoms with Gasteiger partial charge < -0.3 is 10.0 Å². The zero-order valence-corrected chi connectivity index (χ0v) is 12.7. The highest BCUT2D eigenvalue weighted by Gasteiger charge is 2.30. The fraction of sp³-hybridized carbons (Fsp3) is 0.111. The van der Waals surface area contributed by atoms with Crippen LogP contribution < -0.4 is 5.18 Å². The first-order valence-electron chi connectivity index (χ1n) is 7.40. The molecule has 1 aromatic heterocycles. The highest BCUT2D eigenvalue weighted by Crippen LogP contribution is 2.41. The largest absolute Gasteiger partial charge is 0.870 e. The number of rotatable bonds is 4. The monoisotopic (exact) mass is 321 g/mol. The van der Waals surface area contributed by atoms with Crippen molar-refractivity contribution < 1.29 is 15.4 Å². The number of nitrogens with zero attached hydrogens (tertiary/aromatic N) is 2. The van der Waals surface area contributed by atoms with Crippen LogP contribution in [-0.4, -0.2) is 20.8 Å². The van der Waals surface area contributed by atoms with Crippen LogP contribution in [0.4, 0.5) is 5.69 Å². The Kier molecular flexibility index (Phi) is 4.05. The minimum atomic E-state index is -0.0555. The predicted octanol–water partition coefficient (Wildman–Crippen LogP) is 2.03. The van der Waals surface area contributed by atoms with Crippen LogP contribution in [0.3, 0.4) is 0 Å². The Balaban J connectivity index is 0.00000169. The van der Waals surface area contributed by atoms with Crippen molar-refractivity contribution in [3.8, 4) is 11.3 Å². The quantitative estimate of drug-likeness (QED) is 0.744. The molecule has 0 saturated heterocycles. The maximum Gasteiger partial charge on any atom is 0.254 e. The third-order valence-corrected chi connectivity index (χ3v) is 4.28. The summed E-state index contributed by atoms with van der Waals surface area (Å²) in [4.78, 5) is 27.6. The molecular weight excluding hydrogens is 306 g/mol. The molecular formula is C18H15N3O3. The summed E-state index contributed by atoms with van der Waals surface area (Å²) < 4.78 is 2.04. The second-order valence-electron chi connectivity index (χ2n) is 5.60. The Morgan fingerprint density at radius 2 is 2.00 bits per heavy atom. The molecule has 0 saturated carbocycles. The number of imidazole rings is 1. The summed E-state index contributed by atoms with van der Waals surface area (Å²) in [6.07, 6.45) is 3.93. The van der Waals surface area contributed by atoms with Crippen LogP contribution in [0.25, 0.3) is 11.3 Å². The molecule has 0 aliphatic carbocycles. The standard InChI is InChI=1S/C18H13N3O2.H2O/c22-18(12-4-3-5-13(8-12)20-23)9-16-14-6-1-2-7-15(14)17-10-19-11-21(16)17;/h1-8,10-11,16H,9H2;1H2. The fourth-order valence-corrected chi connectivity index (χ4v) is 3.19. The zero-order valence-electron chi connectivity index (χ0n) is 12.7. The average Bonchev–Trinajstić information content (AvgIpc) is 3.18. The Bertz CT molecular complexity index is 917. The number of fused-ring (bicyclic) bond motifs is 3. The van der Waals surface area contributed by atoms with Gasteiger partial charge in [-0.05, 0) is 5.56 Å². The molecule has 0 bridgehead atoms. The van der Waals surface area contributed by atoms with Gasteiger partial charge in [0.15, 0.2) is 5.78 Å². The van der Waals surface area contributed by atoms with Gasteiger partial charge in [0.25, 0.3) is 5.69 Å². The predicted molar refractivity (Wildman–Crippen MR) is 87.1 cm³/mol. The lowest BCUT2D eigenvalue weighted by Gasteiger charge is -2.13. The lowest BCUT2D eigenvalue weighted by molar-refractivity contribution is -0.379. The Morgan fingerprint density at radius 1 is 1.17 bits per heavy atom. The van der Waals surface area contributed by atoms with Gasteiger partial charge in [-0.2, -0.15) is 0 Å². The van der Waals surface area contributed by atoms with E-state index < -0.39 is 0 Å². The first kappa shape index (κ1) is 15.8. The molecule has 1 unspecified atom stereocenters. The van der Waals surface area contributed by atoms with Crippen molar-refractivity contribution in [1.82, 2.24) is 9.55 Å². The third-order valence-electron chi connectivity index (χ3n) is 4.28. The molecule has 2 aromatic carbocycles. The van der Waals surface area contributed by atoms with E-state index in [0.717, 1.165) is 16.8 Å². The summed E-state index contributed by atoms with van der Waals surface area (Å²) in [6.45, 7) is 0. The van der Waals surface area contributed by atoms with Crippen molar-refractivity contribution in [2.75, 3.05) is 0 Å². The Labute approximate surface area is 138 Å². The number of aromatic nitrogens is 2. The van der Waals surface area contributed by atoms with E-state index in [1.165, 1.54) is 0 Å². The minimum absolute atomic E-state index is 0. The number of hydrogen-bond donors (Lipinski definition) is 1. The van der Waals surface area contributed by atoms with E-state index in [1.54, 1.807) is 30.6 Å². The SMILES string of the molecule is O=[NH+]c1cccc(C(=O)CC2c3ccccc3-c3cncn32)c1.[OH-]. The number of nitroso groups, excluding NO2 is 1. The topological polar surface area (TPSA) is 95.9 Å². The lowest BCUT2D eigenvalue weighted by Crippen LogP contribution is -2.55. The van der Waals surface area contributed by atoms with Gasteiger partial charge in [-0.15, -0.1) is 0 Å². The molecule has 0 radical (unpaired) electrons. The van der Waals surface area contributed by atoms with Crippen molar-refractivity contribution in [2.24, 2.45) is 0 Å². The van der Waals surface area contributed by atoms with Gasteiger partial charge in [-0.1, -0.05) is 36.4 Å². The smallest absolute Gasteiger partial charge is 0.254 e. The molecule has 24 heavy (non-hydrogen) atoms. The van der Waals surface area contributed by atoms with Gasteiger partial charge in [-0.25, -0.2) is 4.98 Å². The molecule has 2 N–H and O–H groups in total. The number of Topliss-reactive ketones (excluding diaryl/α,β-unsaturated/α-hetero) is 1. The van der Waals surface area contributed by atoms with Crippen molar-refractivity contribution in [1.29, 1.82) is 0 Å². The molecule has 6 heteroatoms. The molecule has 3 aromatic rings. The molecule has 1 atom stereocenters. The van der Waals surface area contributed by atoms with E-state index in [-0.39, 0.29) is 17.3 Å². The molecule has 1 aliphatic heterocycles. The Morgan fingerprint density at radius 3 is 2.83 bits per heavy atom. The van der Waals surface area contributed by atoms with E-state index >= 15 is 0 Å². The van der Waals surface area contributed by atoms with Gasteiger partial charge in [0.1, 0.15) is 0 Å². The van der Waals surface area contributed by atoms with E-state index in [4.69, 9.17) is 0 Å². The van der Waals surface area contributed by atoms with E-state index in [2.05, 4.69) is 17.1 Å². The number of carbonyl (C=O) groups excluding carboxylic acids is 1. The summed E-state index contributed by atoms with van der Waals surface area (Å²) in [6, 6.07) is 14.7. The summed E-state index contributed by atoms with van der Waals surface area (Å²) in [5.41, 5.74) is 4.23. The molecule has 0 amide bonds. The normalized spacial score (nSPS) is 14.4. The molecule has 2 heterocycles. The third kappa shape index (κ3) is 2.43. The maximum atomic E-state index is 12.6. The first-order chi connectivity index (χ1) is 11.3. The minimum Gasteiger partial charge on any atom is -0.870 e. The average molecular weight is 321 g/mol. The zero-order chi connectivity index (χ0) is 15.8. The van der Waals surface area contributed by atoms with Gasteiger partial charge >= 0.3 is 0 Å². The molecule has 0 spiro atoms. The summed E-state index contributed by atoms with van der Waals surface area (Å²) in [7, 11) is 0. The lowest BCUT2D eigenvalue weighted by atomic mass is 9.96. The first-order valence-corrected chi connectivity index (χ1v) is 7.40. The second-order valence-corrected chi connectivity index (χ2v) is 5.60. The Hall–Kier alpha value is -3.12. The van der Waals surface area contributed by atoms with E-state index in [1.807, 2.05) is 28.1 Å². The maximum absolute atomic E-state index is 12.6. The second kappa shape index (κ2) is 6.17. The summed E-state index contributed by atoms with van der Waals surface area (Å²) in [5.74, 6) is 0.00320. The van der Waals surface area contributed by atoms with Gasteiger partial charge in [0, 0.05) is 39.8 Å². The van der Waals surface area contributed by atoms with Crippen LogP contribution in [0.2, 0.25) is 0 Å². The van der Waals surface area contributed by atoms with Gasteiger partial charge in [0.05, 0.1) is 24.3 Å². The van der Waals surface area contributed by atoms with Crippen molar-refractivity contribution in [3.05, 3.63) is 77.1 Å². The van der Waals surface area contributed by atoms with Gasteiger partial charge in [0.2, 0.25) is 0 Å². The van der Waals surface area contributed by atoms with Crippen LogP contribution in [0.15, 0.2) is 61.1 Å². The van der Waals surface area contributed by atoms with Crippen LogP contribution in [0, 0.1) is 4.91 Å². The molecule has 120 valence electrons. The van der Waals surface area contributed by atoms with Crippen molar-refractivity contribution in [2.45, 2.75) is 12.5 Å². The van der Waals surface area contributed by atoms with Crippen LogP contribution in [-0.2, 0) is 0 Å². The van der Waals surface area contributed by atoms with Gasteiger partial charge in [-0.3, -0.25) is 4.79 Å². The summed E-state index contributed by atoms with van der Waals surface area (Å²) >= 11 is 0. The molecule has 0 fully saturated rings. The highest BCUT2D eigenvalue weighted by atomic mass is 16.3. The van der Waals surface area contributed by atoms with E-state index in [0.29, 0.717) is 17.7 Å². The van der Waals surface area contributed by atoms with Crippen molar-refractivity contribution in [3.63, 3.8) is 0 Å². The molecule has 6 nitrogen and oxygen atoms in total. The number of hydrogen-bond acceptors (Lipinski definition) is 4. The highest BCUT2D eigenvalue weighted by molar-refractivity contribution is 5.97. The van der Waals surface area contributed by atoms with Crippen LogP contribution in [0.5, 0.6) is 0 Å². The van der Waals surface area contributed by atoms with E-state index in [9.17, 15) is 9.70 Å². The number of nitrogens with one attached hydrogen (secondary N) is 1. The molecule has 4 rings (SSSR count). The van der Waals surface area contributed by atoms with Crippen LogP contribution in [0.1, 0.15) is 28.4 Å². The number of carbonyl (C=O) groups is 1. The fourth-order valence-electron chi connectivity index (χ4n) is 3.19. The summed E-state index contributed by atoms with van der Waals surface area (Å²) in [5, 5.41) is 1.83. The van der Waals surface area contributed by atoms with Crippen LogP contribution >= 0.6 is 0 Å².